The van der Waals surface area contributed by atoms with Crippen LogP contribution in [0.4, 0.5) is 5.82 Å². The molecule has 1 amide bonds. The average Bonchev–Trinajstić information content (AvgIpc) is 3.83. The van der Waals surface area contributed by atoms with Gasteiger partial charge in [0.25, 0.3) is 5.91 Å². The van der Waals surface area contributed by atoms with Gasteiger partial charge < -0.3 is 9.64 Å². The third-order valence-corrected chi connectivity index (χ3v) is 10.3. The van der Waals surface area contributed by atoms with Crippen molar-refractivity contribution in [1.29, 1.82) is 0 Å². The smallest absolute Gasteiger partial charge is 0.252 e. The molecule has 2 aromatic carbocycles. The Labute approximate surface area is 251 Å². The number of carbonyl (C=O) groups excluding carboxylic acids is 1. The second kappa shape index (κ2) is 12.5. The minimum Gasteiger partial charge on any atom is -0.358 e. The third kappa shape index (κ3) is 6.31. The molecule has 1 aliphatic carbocycles. The van der Waals surface area contributed by atoms with Gasteiger partial charge in [-0.05, 0) is 66.8 Å². The standard InChI is InChI=1S/C31H33Cl2N3O4S/c1-3-8-27-31(37)36(25(4-2)20-35(28-11-5-6-18-34-28)41(38,39)26-16-17-26)29(21-12-14-23(32)15-13-21)30(40-27)22-9-7-10-24(33)19-22/h3,5-7,9-15,18-19,25-27,29-30H,1,4,8,16-17,20H2,2H3/t25-,27+,29+,30?/m1/s1. The Morgan fingerprint density at radius 2 is 1.83 bits per heavy atom. The summed E-state index contributed by atoms with van der Waals surface area (Å²) in [6, 6.07) is 18.9. The van der Waals surface area contributed by atoms with Crippen LogP contribution < -0.4 is 4.31 Å². The molecule has 0 radical (unpaired) electrons. The number of sulfonamides is 1. The second-order valence-electron chi connectivity index (χ2n) is 10.4. The van der Waals surface area contributed by atoms with Crippen LogP contribution in [0.25, 0.3) is 0 Å². The molecule has 4 atom stereocenters. The van der Waals surface area contributed by atoms with Crippen molar-refractivity contribution in [2.45, 2.75) is 62.1 Å². The number of nitrogens with zero attached hydrogens (tertiary/aromatic N) is 3. The van der Waals surface area contributed by atoms with Gasteiger partial charge in [-0.25, -0.2) is 13.4 Å². The number of amides is 1. The van der Waals surface area contributed by atoms with E-state index in [2.05, 4.69) is 11.6 Å². The van der Waals surface area contributed by atoms with Crippen molar-refractivity contribution in [1.82, 2.24) is 9.88 Å². The first-order valence-electron chi connectivity index (χ1n) is 13.8. The van der Waals surface area contributed by atoms with E-state index in [1.54, 1.807) is 48.7 Å². The van der Waals surface area contributed by atoms with Crippen LogP contribution in [0.1, 0.15) is 55.9 Å². The van der Waals surface area contributed by atoms with Crippen molar-refractivity contribution in [3.63, 3.8) is 0 Å². The molecule has 2 heterocycles. The number of hydrogen-bond acceptors (Lipinski definition) is 5. The van der Waals surface area contributed by atoms with Gasteiger partial charge in [0, 0.05) is 22.7 Å². The second-order valence-corrected chi connectivity index (χ2v) is 13.4. The van der Waals surface area contributed by atoms with Crippen LogP contribution in [0.15, 0.2) is 85.6 Å². The number of benzene rings is 2. The lowest BCUT2D eigenvalue weighted by atomic mass is 9.89. The highest BCUT2D eigenvalue weighted by atomic mass is 35.5. The predicted octanol–water partition coefficient (Wildman–Crippen LogP) is 6.75. The minimum absolute atomic E-state index is 0.0608. The largest absolute Gasteiger partial charge is 0.358 e. The van der Waals surface area contributed by atoms with Crippen LogP contribution in [0.2, 0.25) is 10.0 Å². The van der Waals surface area contributed by atoms with E-state index in [1.807, 2.05) is 42.2 Å². The van der Waals surface area contributed by atoms with Crippen LogP contribution in [-0.2, 0) is 19.6 Å². The van der Waals surface area contributed by atoms with E-state index in [4.69, 9.17) is 27.9 Å². The number of rotatable bonds is 11. The van der Waals surface area contributed by atoms with Crippen molar-refractivity contribution in [3.05, 3.63) is 107 Å². The molecular formula is C31H33Cl2N3O4S. The maximum atomic E-state index is 14.2. The topological polar surface area (TPSA) is 79.8 Å². The fraction of sp³-hybridized carbons (Fsp3) is 0.355. The number of aromatic nitrogens is 1. The first-order chi connectivity index (χ1) is 19.7. The zero-order valence-corrected chi connectivity index (χ0v) is 25.1. The van der Waals surface area contributed by atoms with Crippen LogP contribution in [0.3, 0.4) is 0 Å². The van der Waals surface area contributed by atoms with E-state index < -0.39 is 39.6 Å². The van der Waals surface area contributed by atoms with Gasteiger partial charge >= 0.3 is 0 Å². The van der Waals surface area contributed by atoms with Gasteiger partial charge in [-0.1, -0.05) is 66.5 Å². The van der Waals surface area contributed by atoms with Gasteiger partial charge in [0.05, 0.1) is 23.9 Å². The van der Waals surface area contributed by atoms with Gasteiger partial charge in [0.2, 0.25) is 10.0 Å². The Morgan fingerprint density at radius 1 is 1.07 bits per heavy atom. The molecule has 41 heavy (non-hydrogen) atoms. The number of ether oxygens (including phenoxy) is 1. The fourth-order valence-corrected chi connectivity index (χ4v) is 7.56. The summed E-state index contributed by atoms with van der Waals surface area (Å²) >= 11 is 12.6. The monoisotopic (exact) mass is 613 g/mol. The van der Waals surface area contributed by atoms with Crippen molar-refractivity contribution in [2.75, 3.05) is 10.8 Å². The highest BCUT2D eigenvalue weighted by Gasteiger charge is 2.48. The Morgan fingerprint density at radius 3 is 2.44 bits per heavy atom. The molecule has 216 valence electrons. The molecule has 5 rings (SSSR count). The molecule has 1 saturated carbocycles. The molecule has 1 saturated heterocycles. The Hall–Kier alpha value is -2.91. The SMILES string of the molecule is C=CC[C@@H]1OC(c2cccc(Cl)c2)[C@H](c2ccc(Cl)cc2)N([C@H](CC)CN(c2ccccn2)S(=O)(=O)C2CC2)C1=O. The van der Waals surface area contributed by atoms with Crippen molar-refractivity contribution >= 4 is 45.0 Å². The van der Waals surface area contributed by atoms with Crippen molar-refractivity contribution < 1.29 is 17.9 Å². The Kier molecular flexibility index (Phi) is 9.04. The van der Waals surface area contributed by atoms with Crippen molar-refractivity contribution in [3.8, 4) is 0 Å². The molecule has 0 spiro atoms. The molecular weight excluding hydrogens is 581 g/mol. The number of anilines is 1. The third-order valence-electron chi connectivity index (χ3n) is 7.60. The molecule has 1 aliphatic heterocycles. The maximum absolute atomic E-state index is 14.2. The quantitative estimate of drug-likeness (QED) is 0.223. The summed E-state index contributed by atoms with van der Waals surface area (Å²) in [6.07, 6.45) is 3.92. The van der Waals surface area contributed by atoms with Crippen LogP contribution >= 0.6 is 23.2 Å². The van der Waals surface area contributed by atoms with Gasteiger partial charge in [0.1, 0.15) is 18.0 Å². The molecule has 10 heteroatoms. The summed E-state index contributed by atoms with van der Waals surface area (Å²) < 4.78 is 35.3. The summed E-state index contributed by atoms with van der Waals surface area (Å²) in [4.78, 5) is 20.4. The van der Waals surface area contributed by atoms with Gasteiger partial charge in [-0.2, -0.15) is 0 Å². The number of pyridine rings is 1. The molecule has 7 nitrogen and oxygen atoms in total. The summed E-state index contributed by atoms with van der Waals surface area (Å²) in [7, 11) is -3.67. The first kappa shape index (κ1) is 29.6. The minimum atomic E-state index is -3.67. The molecule has 2 fully saturated rings. The zero-order chi connectivity index (χ0) is 29.1. The van der Waals surface area contributed by atoms with Crippen LogP contribution in [0, 0.1) is 0 Å². The van der Waals surface area contributed by atoms with E-state index >= 15 is 0 Å². The first-order valence-corrected chi connectivity index (χ1v) is 16.0. The molecule has 2 aliphatic rings. The van der Waals surface area contributed by atoms with Crippen LogP contribution in [0.5, 0.6) is 0 Å². The van der Waals surface area contributed by atoms with Crippen LogP contribution in [-0.4, -0.2) is 48.1 Å². The Bertz CT molecular complexity index is 1480. The van der Waals surface area contributed by atoms with Crippen molar-refractivity contribution in [2.24, 2.45) is 0 Å². The number of halogens is 2. The van der Waals surface area contributed by atoms with E-state index in [0.717, 1.165) is 11.1 Å². The molecule has 1 aromatic heterocycles. The predicted molar refractivity (Wildman–Crippen MR) is 163 cm³/mol. The van der Waals surface area contributed by atoms with E-state index in [0.29, 0.717) is 41.5 Å². The molecule has 0 bridgehead atoms. The van der Waals surface area contributed by atoms with E-state index in [1.165, 1.54) is 4.31 Å². The number of hydrogen-bond donors (Lipinski definition) is 0. The lowest BCUT2D eigenvalue weighted by Gasteiger charge is -2.48. The lowest BCUT2D eigenvalue weighted by molar-refractivity contribution is -0.178. The molecule has 0 N–H and O–H groups in total. The summed E-state index contributed by atoms with van der Waals surface area (Å²) in [5.41, 5.74) is 1.63. The maximum Gasteiger partial charge on any atom is 0.252 e. The summed E-state index contributed by atoms with van der Waals surface area (Å²) in [6.45, 7) is 5.87. The lowest BCUT2D eigenvalue weighted by Crippen LogP contribution is -2.57. The summed E-state index contributed by atoms with van der Waals surface area (Å²) in [5.74, 6) is 0.121. The summed E-state index contributed by atoms with van der Waals surface area (Å²) in [5, 5.41) is 0.673. The highest BCUT2D eigenvalue weighted by molar-refractivity contribution is 7.93. The zero-order valence-electron chi connectivity index (χ0n) is 22.8. The van der Waals surface area contributed by atoms with E-state index in [-0.39, 0.29) is 12.5 Å². The van der Waals surface area contributed by atoms with Gasteiger partial charge in [-0.15, -0.1) is 6.58 Å². The number of carbonyl (C=O) groups is 1. The van der Waals surface area contributed by atoms with Gasteiger partial charge in [0.15, 0.2) is 0 Å². The normalized spacial score (nSPS) is 21.9. The highest BCUT2D eigenvalue weighted by Crippen LogP contribution is 2.45. The fourth-order valence-electron chi connectivity index (χ4n) is 5.39. The van der Waals surface area contributed by atoms with E-state index in [9.17, 15) is 13.2 Å². The van der Waals surface area contributed by atoms with Gasteiger partial charge in [-0.3, -0.25) is 9.10 Å². The molecule has 1 unspecified atom stereocenters. The Balaban J connectivity index is 1.63. The average molecular weight is 615 g/mol. The number of morpholine rings is 1. The molecule has 3 aromatic rings.